The van der Waals surface area contributed by atoms with Crippen molar-refractivity contribution in [2.24, 2.45) is 0 Å². The van der Waals surface area contributed by atoms with Gasteiger partial charge in [0.15, 0.2) is 5.78 Å². The highest BCUT2D eigenvalue weighted by atomic mass is 16.5. The topological polar surface area (TPSA) is 55.8 Å². The largest absolute Gasteiger partial charge is 0.494 e. The van der Waals surface area contributed by atoms with Gasteiger partial charge in [-0.1, -0.05) is 32.9 Å². The van der Waals surface area contributed by atoms with Crippen LogP contribution in [0, 0.1) is 13.8 Å². The lowest BCUT2D eigenvalue weighted by Crippen LogP contribution is -2.52. The van der Waals surface area contributed by atoms with E-state index < -0.39 is 5.60 Å². The van der Waals surface area contributed by atoms with Crippen LogP contribution in [-0.4, -0.2) is 41.9 Å². The second-order valence-corrected chi connectivity index (χ2v) is 10.9. The van der Waals surface area contributed by atoms with Crippen LogP contribution >= 0.6 is 0 Å². The van der Waals surface area contributed by atoms with Crippen molar-refractivity contribution < 1.29 is 19.1 Å². The summed E-state index contributed by atoms with van der Waals surface area (Å²) in [5, 5.41) is 0. The van der Waals surface area contributed by atoms with Crippen molar-refractivity contribution in [3.63, 3.8) is 0 Å². The number of Topliss-reactive ketones (excluding diaryl/α,β-unsaturated/α-hetero) is 1. The van der Waals surface area contributed by atoms with E-state index in [1.54, 1.807) is 0 Å². The number of ketones is 1. The SMILES string of the molecule is Cc1cc2c(cc1C)C(=O)CC1(CCN(C(=O)CCCOc3ccc(C(C)(C)C)cc3)CC1)O2. The van der Waals surface area contributed by atoms with Crippen molar-refractivity contribution in [3.05, 3.63) is 58.7 Å². The number of hydrogen-bond acceptors (Lipinski definition) is 4. The fraction of sp³-hybridized carbons (Fsp3) is 0.517. The molecule has 0 radical (unpaired) electrons. The maximum absolute atomic E-state index is 12.8. The van der Waals surface area contributed by atoms with Gasteiger partial charge >= 0.3 is 0 Å². The lowest BCUT2D eigenvalue weighted by Gasteiger charge is -2.44. The van der Waals surface area contributed by atoms with Gasteiger partial charge in [0, 0.05) is 32.4 Å². The van der Waals surface area contributed by atoms with E-state index in [-0.39, 0.29) is 17.1 Å². The quantitative estimate of drug-likeness (QED) is 0.527. The van der Waals surface area contributed by atoms with Crippen molar-refractivity contribution in [2.45, 2.75) is 77.7 Å². The van der Waals surface area contributed by atoms with E-state index in [9.17, 15) is 9.59 Å². The predicted molar refractivity (Wildman–Crippen MR) is 134 cm³/mol. The number of hydrogen-bond donors (Lipinski definition) is 0. The first-order chi connectivity index (χ1) is 16.1. The van der Waals surface area contributed by atoms with Crippen LogP contribution in [0.15, 0.2) is 36.4 Å². The van der Waals surface area contributed by atoms with Crippen molar-refractivity contribution in [3.8, 4) is 11.5 Å². The molecular formula is C29H37NO4. The van der Waals surface area contributed by atoms with E-state index in [1.165, 1.54) is 5.56 Å². The van der Waals surface area contributed by atoms with Gasteiger partial charge in [0.1, 0.15) is 17.1 Å². The van der Waals surface area contributed by atoms with Crippen molar-refractivity contribution in [2.75, 3.05) is 19.7 Å². The van der Waals surface area contributed by atoms with Gasteiger partial charge < -0.3 is 14.4 Å². The molecule has 1 saturated heterocycles. The van der Waals surface area contributed by atoms with Gasteiger partial charge in [-0.3, -0.25) is 9.59 Å². The van der Waals surface area contributed by atoms with Crippen LogP contribution in [0.1, 0.15) is 79.9 Å². The minimum atomic E-state index is -0.481. The molecule has 2 aromatic carbocycles. The minimum Gasteiger partial charge on any atom is -0.494 e. The molecule has 0 atom stereocenters. The van der Waals surface area contributed by atoms with Crippen LogP contribution < -0.4 is 9.47 Å². The molecule has 182 valence electrons. The third-order valence-corrected chi connectivity index (χ3v) is 7.26. The summed E-state index contributed by atoms with van der Waals surface area (Å²) in [5.41, 5.74) is 3.84. The van der Waals surface area contributed by atoms with Crippen molar-refractivity contribution >= 4 is 11.7 Å². The molecule has 2 heterocycles. The van der Waals surface area contributed by atoms with Gasteiger partial charge in [-0.05, 0) is 66.6 Å². The first-order valence-corrected chi connectivity index (χ1v) is 12.4. The summed E-state index contributed by atoms with van der Waals surface area (Å²) in [5.74, 6) is 1.84. The summed E-state index contributed by atoms with van der Waals surface area (Å²) in [7, 11) is 0. The van der Waals surface area contributed by atoms with E-state index in [0.717, 1.165) is 16.9 Å². The zero-order valence-corrected chi connectivity index (χ0v) is 21.2. The minimum absolute atomic E-state index is 0.120. The Morgan fingerprint density at radius 1 is 1.06 bits per heavy atom. The normalized spacial score (nSPS) is 17.3. The van der Waals surface area contributed by atoms with E-state index in [4.69, 9.17) is 9.47 Å². The van der Waals surface area contributed by atoms with Crippen molar-refractivity contribution in [1.29, 1.82) is 0 Å². The number of ether oxygens (including phenoxy) is 2. The van der Waals surface area contributed by atoms with Crippen LogP contribution in [0.5, 0.6) is 11.5 Å². The molecule has 0 unspecified atom stereocenters. The van der Waals surface area contributed by atoms with Gasteiger partial charge in [-0.2, -0.15) is 0 Å². The Balaban J connectivity index is 1.24. The van der Waals surface area contributed by atoms with Crippen LogP contribution in [0.4, 0.5) is 0 Å². The number of likely N-dealkylation sites (tertiary alicyclic amines) is 1. The highest BCUT2D eigenvalue weighted by Crippen LogP contribution is 2.40. The molecule has 0 aromatic heterocycles. The molecule has 4 rings (SSSR count). The molecule has 5 nitrogen and oxygen atoms in total. The summed E-state index contributed by atoms with van der Waals surface area (Å²) < 4.78 is 12.2. The molecule has 5 heteroatoms. The molecule has 2 aliphatic rings. The number of carbonyl (C=O) groups is 2. The fourth-order valence-corrected chi connectivity index (χ4v) is 4.81. The molecule has 0 bridgehead atoms. The second kappa shape index (κ2) is 9.44. The van der Waals surface area contributed by atoms with Crippen LogP contribution in [0.25, 0.3) is 0 Å². The summed E-state index contributed by atoms with van der Waals surface area (Å²) in [6.07, 6.45) is 2.92. The van der Waals surface area contributed by atoms with E-state index in [2.05, 4.69) is 32.9 Å². The van der Waals surface area contributed by atoms with E-state index in [0.29, 0.717) is 63.1 Å². The molecule has 1 spiro atoms. The highest BCUT2D eigenvalue weighted by molar-refractivity contribution is 6.00. The Morgan fingerprint density at radius 2 is 1.71 bits per heavy atom. The molecule has 34 heavy (non-hydrogen) atoms. The zero-order valence-electron chi connectivity index (χ0n) is 21.2. The van der Waals surface area contributed by atoms with Gasteiger partial charge in [0.05, 0.1) is 18.6 Å². The van der Waals surface area contributed by atoms with Crippen LogP contribution in [-0.2, 0) is 10.2 Å². The Labute approximate surface area is 203 Å². The molecular weight excluding hydrogens is 426 g/mol. The van der Waals surface area contributed by atoms with Gasteiger partial charge in [-0.25, -0.2) is 0 Å². The Bertz CT molecular complexity index is 1060. The maximum atomic E-state index is 12.8. The first-order valence-electron chi connectivity index (χ1n) is 12.4. The molecule has 1 fully saturated rings. The van der Waals surface area contributed by atoms with Crippen molar-refractivity contribution in [1.82, 2.24) is 4.90 Å². The number of piperidine rings is 1. The highest BCUT2D eigenvalue weighted by Gasteiger charge is 2.43. The molecule has 0 saturated carbocycles. The molecule has 2 aromatic rings. The zero-order chi connectivity index (χ0) is 24.5. The lowest BCUT2D eigenvalue weighted by atomic mass is 9.82. The van der Waals surface area contributed by atoms with Gasteiger partial charge in [0.25, 0.3) is 0 Å². The van der Waals surface area contributed by atoms with Gasteiger partial charge in [-0.15, -0.1) is 0 Å². The van der Waals surface area contributed by atoms with E-state index >= 15 is 0 Å². The fourth-order valence-electron chi connectivity index (χ4n) is 4.81. The maximum Gasteiger partial charge on any atom is 0.222 e. The summed E-state index contributed by atoms with van der Waals surface area (Å²) in [6.45, 7) is 12.4. The summed E-state index contributed by atoms with van der Waals surface area (Å²) in [6, 6.07) is 12.1. The van der Waals surface area contributed by atoms with Crippen LogP contribution in [0.3, 0.4) is 0 Å². The van der Waals surface area contributed by atoms with Crippen LogP contribution in [0.2, 0.25) is 0 Å². The molecule has 2 aliphatic heterocycles. The molecule has 0 N–H and O–H groups in total. The molecule has 0 aliphatic carbocycles. The van der Waals surface area contributed by atoms with E-state index in [1.807, 2.05) is 43.0 Å². The lowest BCUT2D eigenvalue weighted by molar-refractivity contribution is -0.135. The Morgan fingerprint density at radius 3 is 2.35 bits per heavy atom. The second-order valence-electron chi connectivity index (χ2n) is 10.9. The van der Waals surface area contributed by atoms with Gasteiger partial charge in [0.2, 0.25) is 5.91 Å². The number of nitrogens with zero attached hydrogens (tertiary/aromatic N) is 1. The standard InChI is InChI=1S/C29H37NO4/c1-20-17-24-25(31)19-29(34-26(24)18-21(20)2)12-14-30(15-13-29)27(32)7-6-16-33-23-10-8-22(9-11-23)28(3,4)5/h8-11,17-18H,6-7,12-16,19H2,1-5H3. The Hall–Kier alpha value is -2.82. The number of benzene rings is 2. The third kappa shape index (κ3) is 5.29. The average molecular weight is 464 g/mol. The summed E-state index contributed by atoms with van der Waals surface area (Å²) >= 11 is 0. The average Bonchev–Trinajstić information content (AvgIpc) is 2.78. The number of fused-ring (bicyclic) bond motifs is 1. The summed E-state index contributed by atoms with van der Waals surface area (Å²) in [4.78, 5) is 27.5. The first kappa shape index (κ1) is 24.3. The third-order valence-electron chi connectivity index (χ3n) is 7.26. The number of carbonyl (C=O) groups excluding carboxylic acids is 2. The molecule has 1 amide bonds. The monoisotopic (exact) mass is 463 g/mol. The number of rotatable bonds is 5. The smallest absolute Gasteiger partial charge is 0.222 e. The Kier molecular flexibility index (Phi) is 6.75. The number of aryl methyl sites for hydroxylation is 2. The predicted octanol–water partition coefficient (Wildman–Crippen LogP) is 5.79. The number of amides is 1.